The highest BCUT2D eigenvalue weighted by Gasteiger charge is 2.46. The van der Waals surface area contributed by atoms with Crippen LogP contribution in [0, 0.1) is 0 Å². The molecule has 2 aliphatic rings. The molecule has 3 N–H and O–H groups in total. The number of amidine groups is 2. The lowest BCUT2D eigenvalue weighted by molar-refractivity contribution is 0.653. The maximum Gasteiger partial charge on any atom is 0.169 e. The Morgan fingerprint density at radius 1 is 0.491 bits per heavy atom. The van der Waals surface area contributed by atoms with Crippen molar-refractivity contribution >= 4 is 39.9 Å². The number of nitrogen functional groups attached to an aromatic ring is 1. The van der Waals surface area contributed by atoms with Gasteiger partial charge in [0.2, 0.25) is 0 Å². The summed E-state index contributed by atoms with van der Waals surface area (Å²) in [6.07, 6.45) is 3.26. The Kier molecular flexibility index (Phi) is 8.07. The molecule has 0 aliphatic carbocycles. The minimum atomic E-state index is -0.763. The topological polar surface area (TPSA) is 88.5 Å². The number of hydrogen-bond donors (Lipinski definition) is 2. The number of fused-ring (bicyclic) bond motifs is 3. The summed E-state index contributed by atoms with van der Waals surface area (Å²) in [6.45, 7) is 0. The molecule has 1 atom stereocenters. The monoisotopic (exact) mass is 726 g/mol. The van der Waals surface area contributed by atoms with Crippen molar-refractivity contribution < 1.29 is 0 Å². The van der Waals surface area contributed by atoms with Crippen LogP contribution in [-0.4, -0.2) is 21.6 Å². The Morgan fingerprint density at radius 3 is 1.91 bits per heavy atom. The highest BCUT2D eigenvalue weighted by Crippen LogP contribution is 2.55. The van der Waals surface area contributed by atoms with Crippen LogP contribution in [0.2, 0.25) is 0 Å². The van der Waals surface area contributed by atoms with Crippen molar-refractivity contribution in [3.63, 3.8) is 0 Å². The molecule has 262 valence electrons. The Morgan fingerprint density at radius 2 is 1.13 bits per heavy atom. The number of aromatic nitrogens is 2. The molecule has 6 nitrogen and oxygen atoms in total. The van der Waals surface area contributed by atoms with E-state index < -0.39 is 11.6 Å². The van der Waals surface area contributed by atoms with Crippen molar-refractivity contribution in [1.29, 1.82) is 0 Å². The van der Waals surface area contributed by atoms with Crippen LogP contribution in [0.4, 0.5) is 5.69 Å². The number of nitrogens with two attached hydrogens (primary N) is 1. The van der Waals surface area contributed by atoms with E-state index in [4.69, 9.17) is 25.7 Å². The third-order valence-electron chi connectivity index (χ3n) is 10.4. The normalized spacial score (nSPS) is 15.6. The van der Waals surface area contributed by atoms with E-state index in [1.165, 1.54) is 4.90 Å². The van der Waals surface area contributed by atoms with Crippen molar-refractivity contribution in [2.24, 2.45) is 9.98 Å². The van der Waals surface area contributed by atoms with E-state index in [-0.39, 0.29) is 0 Å². The second-order valence-electron chi connectivity index (χ2n) is 13.8. The van der Waals surface area contributed by atoms with Crippen LogP contribution in [0.3, 0.4) is 0 Å². The minimum Gasteiger partial charge on any atom is -0.399 e. The van der Waals surface area contributed by atoms with Crippen molar-refractivity contribution in [3.05, 3.63) is 221 Å². The molecule has 8 aromatic rings. The molecule has 55 heavy (non-hydrogen) atoms. The molecule has 2 aromatic heterocycles. The number of nitrogens with zero attached hydrogens (tertiary/aromatic N) is 4. The second kappa shape index (κ2) is 13.5. The summed E-state index contributed by atoms with van der Waals surface area (Å²) in [5, 5.41) is 5.90. The third-order valence-corrected chi connectivity index (χ3v) is 11.6. The highest BCUT2D eigenvalue weighted by atomic mass is 32.2. The quantitative estimate of drug-likeness (QED) is 0.167. The maximum absolute atomic E-state index is 6.06. The van der Waals surface area contributed by atoms with E-state index in [1.54, 1.807) is 11.8 Å². The molecule has 0 fully saturated rings. The van der Waals surface area contributed by atoms with E-state index >= 15 is 0 Å². The Bertz CT molecular complexity index is 2740. The molecule has 4 heterocycles. The van der Waals surface area contributed by atoms with Gasteiger partial charge < -0.3 is 11.1 Å². The van der Waals surface area contributed by atoms with Crippen LogP contribution in [0.15, 0.2) is 202 Å². The van der Waals surface area contributed by atoms with Gasteiger partial charge >= 0.3 is 0 Å². The van der Waals surface area contributed by atoms with Gasteiger partial charge in [-0.2, -0.15) is 0 Å². The first-order chi connectivity index (χ1) is 27.1. The standard InChI is InChI=1S/C48H34N6S/c49-38-23-21-34-27-33(19-20-35(34)29-38)32-13-10-14-36(28-32)46-52-45(31-11-2-1-3-12-31)53-47(54-46)37-22-24-42-40(30-37)48(43-17-6-8-25-50-43,44-18-7-9-26-51-44)39-15-4-5-16-41(39)55-42/h1-30,46H,49H2,(H,52,53,54). The SMILES string of the molecule is Nc1ccc2cc(-c3cccc(C4N=C(c5ccccc5)NC(c5ccc6c(c5)C(c5ccccn5)(c5ccccn5)c5ccccc5S6)=N4)c3)ccc2c1. The highest BCUT2D eigenvalue weighted by molar-refractivity contribution is 7.99. The van der Waals surface area contributed by atoms with Gasteiger partial charge in [0.15, 0.2) is 6.17 Å². The second-order valence-corrected chi connectivity index (χ2v) is 14.8. The van der Waals surface area contributed by atoms with Crippen molar-refractivity contribution in [2.45, 2.75) is 21.4 Å². The van der Waals surface area contributed by atoms with E-state index in [2.05, 4.69) is 133 Å². The number of benzene rings is 6. The number of aliphatic imine (C=N–C) groups is 2. The fourth-order valence-electron chi connectivity index (χ4n) is 7.85. The molecular weight excluding hydrogens is 693 g/mol. The van der Waals surface area contributed by atoms with E-state index in [9.17, 15) is 0 Å². The smallest absolute Gasteiger partial charge is 0.169 e. The molecule has 2 aliphatic heterocycles. The van der Waals surface area contributed by atoms with Crippen LogP contribution < -0.4 is 11.1 Å². The lowest BCUT2D eigenvalue weighted by Crippen LogP contribution is -2.38. The first kappa shape index (κ1) is 32.8. The largest absolute Gasteiger partial charge is 0.399 e. The van der Waals surface area contributed by atoms with E-state index in [1.807, 2.05) is 54.9 Å². The van der Waals surface area contributed by atoms with Gasteiger partial charge in [0.05, 0.1) is 11.4 Å². The number of hydrogen-bond acceptors (Lipinski definition) is 7. The summed E-state index contributed by atoms with van der Waals surface area (Å²) in [5.41, 5.74) is 15.3. The fraction of sp³-hybridized carbons (Fsp3) is 0.0417. The maximum atomic E-state index is 6.06. The first-order valence-corrected chi connectivity index (χ1v) is 19.1. The predicted octanol–water partition coefficient (Wildman–Crippen LogP) is 10.2. The van der Waals surface area contributed by atoms with Crippen molar-refractivity contribution in [3.8, 4) is 11.1 Å². The van der Waals surface area contributed by atoms with Gasteiger partial charge in [-0.3, -0.25) is 9.97 Å². The summed E-state index contributed by atoms with van der Waals surface area (Å²) < 4.78 is 0. The van der Waals surface area contributed by atoms with Crippen LogP contribution in [0.25, 0.3) is 21.9 Å². The van der Waals surface area contributed by atoms with E-state index in [0.29, 0.717) is 0 Å². The number of nitrogens with one attached hydrogen (secondary N) is 1. The zero-order chi connectivity index (χ0) is 36.8. The molecule has 0 saturated heterocycles. The lowest BCUT2D eigenvalue weighted by Gasteiger charge is -2.40. The summed E-state index contributed by atoms with van der Waals surface area (Å²) in [7, 11) is 0. The minimum absolute atomic E-state index is 0.478. The average molecular weight is 727 g/mol. The van der Waals surface area contributed by atoms with Crippen molar-refractivity contribution in [1.82, 2.24) is 15.3 Å². The van der Waals surface area contributed by atoms with Crippen LogP contribution in [-0.2, 0) is 5.41 Å². The summed E-state index contributed by atoms with van der Waals surface area (Å²) >= 11 is 1.78. The fourth-order valence-corrected chi connectivity index (χ4v) is 9.02. The van der Waals surface area contributed by atoms with Gasteiger partial charge in [0, 0.05) is 39.0 Å². The number of anilines is 1. The molecule has 0 saturated carbocycles. The Balaban J connectivity index is 1.13. The zero-order valence-corrected chi connectivity index (χ0v) is 30.5. The molecule has 0 bridgehead atoms. The molecule has 10 rings (SSSR count). The molecular formula is C48H34N6S. The van der Waals surface area contributed by atoms with E-state index in [0.717, 1.165) is 83.4 Å². The van der Waals surface area contributed by atoms with Crippen LogP contribution >= 0.6 is 11.8 Å². The molecule has 6 aromatic carbocycles. The molecule has 0 spiro atoms. The van der Waals surface area contributed by atoms with Gasteiger partial charge in [-0.25, -0.2) is 9.98 Å². The van der Waals surface area contributed by atoms with Crippen LogP contribution in [0.1, 0.15) is 45.4 Å². The molecule has 7 heteroatoms. The average Bonchev–Trinajstić information content (AvgIpc) is 3.26. The van der Waals surface area contributed by atoms with Gasteiger partial charge in [-0.05, 0) is 105 Å². The predicted molar refractivity (Wildman–Crippen MR) is 224 cm³/mol. The Hall–Kier alpha value is -6.83. The third kappa shape index (κ3) is 5.77. The molecule has 1 unspecified atom stereocenters. The molecule has 0 amide bonds. The van der Waals surface area contributed by atoms with Crippen molar-refractivity contribution in [2.75, 3.05) is 5.73 Å². The van der Waals surface area contributed by atoms with Crippen LogP contribution in [0.5, 0.6) is 0 Å². The van der Waals surface area contributed by atoms with Gasteiger partial charge in [-0.1, -0.05) is 115 Å². The summed E-state index contributed by atoms with van der Waals surface area (Å²) in [6, 6.07) is 58.9. The number of rotatable bonds is 6. The zero-order valence-electron chi connectivity index (χ0n) is 29.7. The Labute approximate surface area is 323 Å². The lowest BCUT2D eigenvalue weighted by atomic mass is 9.68. The summed E-state index contributed by atoms with van der Waals surface area (Å²) in [4.78, 5) is 22.9. The van der Waals surface area contributed by atoms with Gasteiger partial charge in [0.1, 0.15) is 17.1 Å². The first-order valence-electron chi connectivity index (χ1n) is 18.3. The summed E-state index contributed by atoms with van der Waals surface area (Å²) in [5.74, 6) is 1.51. The molecule has 0 radical (unpaired) electrons. The number of pyridine rings is 2. The van der Waals surface area contributed by atoms with Gasteiger partial charge in [0.25, 0.3) is 0 Å². The van der Waals surface area contributed by atoms with Gasteiger partial charge in [-0.15, -0.1) is 0 Å².